The van der Waals surface area contributed by atoms with Gasteiger partial charge in [-0.3, -0.25) is 9.59 Å². The smallest absolute Gasteiger partial charge is 0.315 e. The monoisotopic (exact) mass is 237 g/mol. The van der Waals surface area contributed by atoms with Gasteiger partial charge in [0.25, 0.3) is 0 Å². The first-order valence-corrected chi connectivity index (χ1v) is 6.22. The number of carbonyl (C=O) groups is 2. The van der Waals surface area contributed by atoms with E-state index in [9.17, 15) is 14.7 Å². The Kier molecular flexibility index (Phi) is 2.98. The molecule has 1 aliphatic heterocycles. The van der Waals surface area contributed by atoms with Crippen molar-refractivity contribution in [3.63, 3.8) is 0 Å². The second-order valence-corrected chi connectivity index (χ2v) is 5.41. The molecule has 4 heteroatoms. The number of rotatable bonds is 3. The highest BCUT2D eigenvalue weighted by Crippen LogP contribution is 2.48. The third kappa shape index (κ3) is 1.85. The molecule has 2 aliphatic rings. The van der Waals surface area contributed by atoms with Crippen LogP contribution in [0.3, 0.4) is 0 Å². The van der Waals surface area contributed by atoms with Crippen molar-refractivity contribution < 1.29 is 14.7 Å². The van der Waals surface area contributed by atoms with E-state index in [2.05, 4.69) is 0 Å². The van der Waals surface area contributed by atoms with Crippen LogP contribution < -0.4 is 0 Å². The number of nitrogens with zero attached hydrogens (tertiary/aromatic N) is 1. The van der Waals surface area contributed by atoms with Gasteiger partial charge in [0.05, 0.1) is 0 Å². The highest BCUT2D eigenvalue weighted by molar-refractivity contribution is 5.87. The summed E-state index contributed by atoms with van der Waals surface area (Å²) in [6, 6.07) is 0. The Labute approximate surface area is 101 Å². The number of fused-ring (bicyclic) bond motifs is 1. The Morgan fingerprint density at radius 1 is 1.53 bits per heavy atom. The number of hydrogen-bond donors (Lipinski definition) is 1. The maximum absolute atomic E-state index is 11.9. The standard InChI is InChI=1S/C13H19NO3/c1-9(2)8-14-10-4-3-6-13(10,12(16)17)7-5-11(14)15/h4,9H,3,5-8H2,1-2H3,(H,16,17)/t13-/m0/s1. The first-order valence-electron chi connectivity index (χ1n) is 6.22. The van der Waals surface area contributed by atoms with Gasteiger partial charge in [-0.2, -0.15) is 0 Å². The number of carboxylic acids is 1. The Morgan fingerprint density at radius 2 is 2.24 bits per heavy atom. The fourth-order valence-electron chi connectivity index (χ4n) is 2.88. The number of hydrogen-bond acceptors (Lipinski definition) is 2. The van der Waals surface area contributed by atoms with E-state index in [4.69, 9.17) is 0 Å². The minimum absolute atomic E-state index is 0.0729. The average Bonchev–Trinajstić information content (AvgIpc) is 2.67. The fraction of sp³-hybridized carbons (Fsp3) is 0.692. The molecule has 1 aliphatic carbocycles. The van der Waals surface area contributed by atoms with Crippen LogP contribution in [0.4, 0.5) is 0 Å². The van der Waals surface area contributed by atoms with Crippen LogP contribution in [0.2, 0.25) is 0 Å². The molecule has 1 N–H and O–H groups in total. The lowest BCUT2D eigenvalue weighted by Gasteiger charge is -2.40. The highest BCUT2D eigenvalue weighted by Gasteiger charge is 2.50. The molecule has 1 amide bonds. The van der Waals surface area contributed by atoms with Crippen LogP contribution in [0.1, 0.15) is 39.5 Å². The molecule has 1 heterocycles. The molecule has 1 saturated heterocycles. The van der Waals surface area contributed by atoms with Crippen LogP contribution in [-0.4, -0.2) is 28.4 Å². The van der Waals surface area contributed by atoms with Crippen molar-refractivity contribution in [2.24, 2.45) is 11.3 Å². The molecule has 0 radical (unpaired) electrons. The van der Waals surface area contributed by atoms with Gasteiger partial charge in [-0.25, -0.2) is 0 Å². The van der Waals surface area contributed by atoms with Gasteiger partial charge in [0.1, 0.15) is 5.41 Å². The third-order valence-electron chi connectivity index (χ3n) is 3.71. The predicted octanol–water partition coefficient (Wildman–Crippen LogP) is 2.01. The molecule has 0 spiro atoms. The van der Waals surface area contributed by atoms with E-state index < -0.39 is 11.4 Å². The number of aliphatic carboxylic acids is 1. The summed E-state index contributed by atoms with van der Waals surface area (Å²) in [7, 11) is 0. The van der Waals surface area contributed by atoms with Gasteiger partial charge in [-0.05, 0) is 25.2 Å². The van der Waals surface area contributed by atoms with Gasteiger partial charge >= 0.3 is 5.97 Å². The zero-order valence-electron chi connectivity index (χ0n) is 10.4. The van der Waals surface area contributed by atoms with Crippen LogP contribution in [0.25, 0.3) is 0 Å². The lowest BCUT2D eigenvalue weighted by molar-refractivity contribution is -0.152. The summed E-state index contributed by atoms with van der Waals surface area (Å²) in [5.74, 6) is -0.351. The number of likely N-dealkylation sites (tertiary alicyclic amines) is 1. The molecule has 0 aromatic rings. The zero-order chi connectivity index (χ0) is 12.6. The number of carbonyl (C=O) groups excluding carboxylic acids is 1. The lowest BCUT2D eigenvalue weighted by Crippen LogP contribution is -2.47. The molecule has 17 heavy (non-hydrogen) atoms. The molecular formula is C13H19NO3. The molecule has 0 saturated carbocycles. The number of piperidine rings is 1. The van der Waals surface area contributed by atoms with Crippen molar-refractivity contribution in [2.75, 3.05) is 6.54 Å². The van der Waals surface area contributed by atoms with Gasteiger partial charge in [-0.1, -0.05) is 19.9 Å². The molecule has 4 nitrogen and oxygen atoms in total. The van der Waals surface area contributed by atoms with Crippen LogP contribution >= 0.6 is 0 Å². The van der Waals surface area contributed by atoms with Gasteiger partial charge in [0.15, 0.2) is 0 Å². The zero-order valence-corrected chi connectivity index (χ0v) is 10.4. The van der Waals surface area contributed by atoms with Gasteiger partial charge in [-0.15, -0.1) is 0 Å². The van der Waals surface area contributed by atoms with Crippen molar-refractivity contribution in [3.05, 3.63) is 11.8 Å². The maximum atomic E-state index is 11.9. The quantitative estimate of drug-likeness (QED) is 0.817. The van der Waals surface area contributed by atoms with E-state index in [1.165, 1.54) is 0 Å². The minimum Gasteiger partial charge on any atom is -0.481 e. The van der Waals surface area contributed by atoms with E-state index in [1.807, 2.05) is 19.9 Å². The molecule has 2 rings (SSSR count). The van der Waals surface area contributed by atoms with E-state index in [-0.39, 0.29) is 5.91 Å². The van der Waals surface area contributed by atoms with Crippen molar-refractivity contribution in [3.8, 4) is 0 Å². The Bertz CT molecular complexity index is 386. The summed E-state index contributed by atoms with van der Waals surface area (Å²) in [5, 5.41) is 9.46. The largest absolute Gasteiger partial charge is 0.481 e. The summed E-state index contributed by atoms with van der Waals surface area (Å²) >= 11 is 0. The SMILES string of the molecule is CC(C)CN1C(=O)CC[C@@]2(C(=O)O)CCC=C12. The maximum Gasteiger partial charge on any atom is 0.315 e. The first kappa shape index (κ1) is 12.1. The van der Waals surface area contributed by atoms with Crippen LogP contribution in [0, 0.1) is 11.3 Å². The van der Waals surface area contributed by atoms with Crippen molar-refractivity contribution in [2.45, 2.75) is 39.5 Å². The molecule has 0 bridgehead atoms. The second kappa shape index (κ2) is 4.17. The first-order chi connectivity index (χ1) is 7.97. The van der Waals surface area contributed by atoms with Gasteiger partial charge < -0.3 is 10.0 Å². The molecule has 94 valence electrons. The minimum atomic E-state index is -0.789. The van der Waals surface area contributed by atoms with E-state index in [0.717, 1.165) is 12.1 Å². The topological polar surface area (TPSA) is 57.6 Å². The van der Waals surface area contributed by atoms with Gasteiger partial charge in [0, 0.05) is 18.7 Å². The van der Waals surface area contributed by atoms with Gasteiger partial charge in [0.2, 0.25) is 5.91 Å². The Hall–Kier alpha value is -1.32. The lowest BCUT2D eigenvalue weighted by atomic mass is 9.77. The predicted molar refractivity (Wildman–Crippen MR) is 63.2 cm³/mol. The van der Waals surface area contributed by atoms with Crippen LogP contribution in [0.5, 0.6) is 0 Å². The second-order valence-electron chi connectivity index (χ2n) is 5.41. The number of carboxylic acid groups (broad SMARTS) is 1. The molecule has 0 aromatic heterocycles. The number of amides is 1. The summed E-state index contributed by atoms with van der Waals surface area (Å²) < 4.78 is 0. The normalized spacial score (nSPS) is 28.3. The fourth-order valence-corrected chi connectivity index (χ4v) is 2.88. The van der Waals surface area contributed by atoms with Crippen molar-refractivity contribution in [1.82, 2.24) is 4.90 Å². The molecule has 1 fully saturated rings. The third-order valence-corrected chi connectivity index (χ3v) is 3.71. The van der Waals surface area contributed by atoms with Crippen LogP contribution in [-0.2, 0) is 9.59 Å². The van der Waals surface area contributed by atoms with Crippen LogP contribution in [0.15, 0.2) is 11.8 Å². The van der Waals surface area contributed by atoms with E-state index >= 15 is 0 Å². The Balaban J connectivity index is 2.33. The van der Waals surface area contributed by atoms with E-state index in [1.54, 1.807) is 4.90 Å². The molecule has 1 atom stereocenters. The molecule has 0 unspecified atom stereocenters. The summed E-state index contributed by atoms with van der Waals surface area (Å²) in [4.78, 5) is 25.2. The number of allylic oxidation sites excluding steroid dienone is 1. The summed E-state index contributed by atoms with van der Waals surface area (Å²) in [5.41, 5.74) is -0.0436. The highest BCUT2D eigenvalue weighted by atomic mass is 16.4. The van der Waals surface area contributed by atoms with E-state index in [0.29, 0.717) is 31.7 Å². The van der Waals surface area contributed by atoms with Crippen molar-refractivity contribution >= 4 is 11.9 Å². The molecular weight excluding hydrogens is 218 g/mol. The average molecular weight is 237 g/mol. The van der Waals surface area contributed by atoms with Crippen molar-refractivity contribution in [1.29, 1.82) is 0 Å². The molecule has 0 aromatic carbocycles. The Morgan fingerprint density at radius 3 is 2.82 bits per heavy atom. The summed E-state index contributed by atoms with van der Waals surface area (Å²) in [6.45, 7) is 4.71. The summed E-state index contributed by atoms with van der Waals surface area (Å²) in [6.07, 6.45) is 4.16.